The number of hydrogen-bond donors (Lipinski definition) is 3. The Kier molecular flexibility index (Phi) is 6.75. The third kappa shape index (κ3) is 6.35. The van der Waals surface area contributed by atoms with Crippen molar-refractivity contribution in [3.8, 4) is 5.75 Å². The van der Waals surface area contributed by atoms with Gasteiger partial charge in [0, 0.05) is 18.7 Å². The highest BCUT2D eigenvalue weighted by Crippen LogP contribution is 2.14. The smallest absolute Gasteiger partial charge is 0.239 e. The minimum absolute atomic E-state index is 0.113. The number of nitrogens with zero attached hydrogens (tertiary/aromatic N) is 1. The Morgan fingerprint density at radius 3 is 2.45 bits per heavy atom. The summed E-state index contributed by atoms with van der Waals surface area (Å²) in [5, 5.41) is 3.28. The highest BCUT2D eigenvalue weighted by Gasteiger charge is 2.03. The molecule has 1 rings (SSSR count). The fourth-order valence-electron chi connectivity index (χ4n) is 1.35. The highest BCUT2D eigenvalue weighted by atomic mass is 32.1. The van der Waals surface area contributed by atoms with Gasteiger partial charge in [-0.05, 0) is 50.6 Å². The van der Waals surface area contributed by atoms with Crippen LogP contribution >= 0.6 is 12.2 Å². The Labute approximate surface area is 124 Å². The number of carbonyl (C=O) groups is 1. The molecular formula is C13H20N4O2S. The standard InChI is InChI=1S/C13H20N4O2S/c1-17(2)9-8-12(18)15-16-13(20)14-10-4-6-11(19-3)7-5-10/h4-7H,8-9H2,1-3H3,(H,15,18)(H2,14,16,20). The molecule has 0 radical (unpaired) electrons. The molecule has 1 amide bonds. The molecule has 0 aliphatic carbocycles. The molecule has 1 aromatic rings. The molecule has 0 heterocycles. The first-order chi connectivity index (χ1) is 9.51. The summed E-state index contributed by atoms with van der Waals surface area (Å²) in [6, 6.07) is 7.31. The molecule has 110 valence electrons. The van der Waals surface area contributed by atoms with Gasteiger partial charge in [0.1, 0.15) is 5.75 Å². The van der Waals surface area contributed by atoms with Crippen LogP contribution in [0.25, 0.3) is 0 Å². The molecule has 20 heavy (non-hydrogen) atoms. The van der Waals surface area contributed by atoms with Crippen LogP contribution in [0.5, 0.6) is 5.75 Å². The average molecular weight is 296 g/mol. The summed E-state index contributed by atoms with van der Waals surface area (Å²) in [6.07, 6.45) is 0.408. The number of amides is 1. The number of carbonyl (C=O) groups excluding carboxylic acids is 1. The van der Waals surface area contributed by atoms with Crippen LogP contribution in [0.4, 0.5) is 5.69 Å². The molecule has 0 aromatic heterocycles. The van der Waals surface area contributed by atoms with Crippen molar-refractivity contribution in [2.75, 3.05) is 33.1 Å². The number of rotatable bonds is 5. The maximum atomic E-state index is 11.5. The maximum Gasteiger partial charge on any atom is 0.239 e. The van der Waals surface area contributed by atoms with Crippen LogP contribution < -0.4 is 20.9 Å². The Balaban J connectivity index is 2.30. The predicted octanol–water partition coefficient (Wildman–Crippen LogP) is 0.964. The van der Waals surface area contributed by atoms with E-state index < -0.39 is 0 Å². The molecule has 0 unspecified atom stereocenters. The largest absolute Gasteiger partial charge is 0.497 e. The molecule has 0 fully saturated rings. The number of benzene rings is 1. The number of hydrogen-bond acceptors (Lipinski definition) is 4. The maximum absolute atomic E-state index is 11.5. The molecule has 0 saturated heterocycles. The van der Waals surface area contributed by atoms with E-state index in [2.05, 4.69) is 16.2 Å². The van der Waals surface area contributed by atoms with Crippen LogP contribution in [-0.2, 0) is 4.79 Å². The third-order valence-corrected chi connectivity index (χ3v) is 2.65. The van der Waals surface area contributed by atoms with Gasteiger partial charge in [-0.25, -0.2) is 0 Å². The van der Waals surface area contributed by atoms with Crippen molar-refractivity contribution in [2.45, 2.75) is 6.42 Å². The zero-order valence-electron chi connectivity index (χ0n) is 11.9. The second kappa shape index (κ2) is 8.34. The molecule has 3 N–H and O–H groups in total. The molecule has 0 bridgehead atoms. The lowest BCUT2D eigenvalue weighted by Gasteiger charge is -2.13. The fraction of sp³-hybridized carbons (Fsp3) is 0.385. The van der Waals surface area contributed by atoms with Crippen molar-refractivity contribution in [1.29, 1.82) is 0 Å². The molecule has 7 heteroatoms. The van der Waals surface area contributed by atoms with Gasteiger partial charge >= 0.3 is 0 Å². The van der Waals surface area contributed by atoms with Gasteiger partial charge in [0.2, 0.25) is 5.91 Å². The normalized spacial score (nSPS) is 10.0. The van der Waals surface area contributed by atoms with Gasteiger partial charge in [-0.15, -0.1) is 0 Å². The molecule has 1 aromatic carbocycles. The zero-order valence-corrected chi connectivity index (χ0v) is 12.7. The van der Waals surface area contributed by atoms with Crippen molar-refractivity contribution >= 4 is 28.9 Å². The first-order valence-corrected chi connectivity index (χ1v) is 6.56. The fourth-order valence-corrected chi connectivity index (χ4v) is 1.52. The molecule has 0 spiro atoms. The number of ether oxygens (including phenoxy) is 1. The molecule has 0 aliphatic rings. The van der Waals surface area contributed by atoms with Gasteiger partial charge in [0.15, 0.2) is 5.11 Å². The monoisotopic (exact) mass is 296 g/mol. The van der Waals surface area contributed by atoms with Crippen molar-refractivity contribution in [3.05, 3.63) is 24.3 Å². The Hall–Kier alpha value is -1.86. The van der Waals surface area contributed by atoms with E-state index >= 15 is 0 Å². The summed E-state index contributed by atoms with van der Waals surface area (Å²) in [6.45, 7) is 0.687. The minimum Gasteiger partial charge on any atom is -0.497 e. The predicted molar refractivity (Wildman–Crippen MR) is 83.7 cm³/mol. The zero-order chi connectivity index (χ0) is 15.0. The van der Waals surface area contributed by atoms with Gasteiger partial charge in [0.25, 0.3) is 0 Å². The van der Waals surface area contributed by atoms with E-state index in [4.69, 9.17) is 17.0 Å². The van der Waals surface area contributed by atoms with Crippen molar-refractivity contribution in [2.24, 2.45) is 0 Å². The number of nitrogens with one attached hydrogen (secondary N) is 3. The Morgan fingerprint density at radius 2 is 1.90 bits per heavy atom. The summed E-state index contributed by atoms with van der Waals surface area (Å²) in [5.74, 6) is 0.656. The third-order valence-electron chi connectivity index (χ3n) is 2.45. The van der Waals surface area contributed by atoms with E-state index in [0.717, 1.165) is 11.4 Å². The summed E-state index contributed by atoms with van der Waals surface area (Å²) in [7, 11) is 5.44. The van der Waals surface area contributed by atoms with Gasteiger partial charge in [-0.2, -0.15) is 0 Å². The molecule has 0 aliphatic heterocycles. The van der Waals surface area contributed by atoms with Crippen molar-refractivity contribution in [3.63, 3.8) is 0 Å². The van der Waals surface area contributed by atoms with E-state index in [1.807, 2.05) is 43.3 Å². The first-order valence-electron chi connectivity index (χ1n) is 6.16. The molecule has 0 saturated carbocycles. The molecule has 0 atom stereocenters. The Morgan fingerprint density at radius 1 is 1.25 bits per heavy atom. The summed E-state index contributed by atoms with van der Waals surface area (Å²) in [5.41, 5.74) is 6.00. The van der Waals surface area contributed by atoms with Crippen LogP contribution in [0.15, 0.2) is 24.3 Å². The van der Waals surface area contributed by atoms with Gasteiger partial charge < -0.3 is 15.0 Å². The van der Waals surface area contributed by atoms with Crippen LogP contribution in [0.2, 0.25) is 0 Å². The topological polar surface area (TPSA) is 65.6 Å². The van der Waals surface area contributed by atoms with Gasteiger partial charge in [-0.3, -0.25) is 15.6 Å². The summed E-state index contributed by atoms with van der Waals surface area (Å²) < 4.78 is 5.06. The number of anilines is 1. The molecular weight excluding hydrogens is 276 g/mol. The van der Waals surface area contributed by atoms with E-state index in [1.165, 1.54) is 0 Å². The lowest BCUT2D eigenvalue weighted by Crippen LogP contribution is -2.44. The van der Waals surface area contributed by atoms with E-state index in [0.29, 0.717) is 18.1 Å². The lowest BCUT2D eigenvalue weighted by molar-refractivity contribution is -0.121. The van der Waals surface area contributed by atoms with E-state index in [-0.39, 0.29) is 5.91 Å². The summed E-state index contributed by atoms with van der Waals surface area (Å²) in [4.78, 5) is 13.4. The van der Waals surface area contributed by atoms with Crippen molar-refractivity contribution in [1.82, 2.24) is 15.8 Å². The van der Waals surface area contributed by atoms with E-state index in [9.17, 15) is 4.79 Å². The number of hydrazine groups is 1. The van der Waals surface area contributed by atoms with Crippen molar-refractivity contribution < 1.29 is 9.53 Å². The van der Waals surface area contributed by atoms with Gasteiger partial charge in [0.05, 0.1) is 7.11 Å². The van der Waals surface area contributed by atoms with Crippen LogP contribution in [0.3, 0.4) is 0 Å². The van der Waals surface area contributed by atoms with Crippen LogP contribution in [0, 0.1) is 0 Å². The van der Waals surface area contributed by atoms with E-state index in [1.54, 1.807) is 7.11 Å². The first kappa shape index (κ1) is 16.2. The Bertz CT molecular complexity index is 448. The molecule has 6 nitrogen and oxygen atoms in total. The average Bonchev–Trinajstić information content (AvgIpc) is 2.43. The second-order valence-electron chi connectivity index (χ2n) is 4.41. The van der Waals surface area contributed by atoms with Gasteiger partial charge in [-0.1, -0.05) is 0 Å². The van der Waals surface area contributed by atoms with Crippen LogP contribution in [0.1, 0.15) is 6.42 Å². The quantitative estimate of drug-likeness (QED) is 0.556. The highest BCUT2D eigenvalue weighted by molar-refractivity contribution is 7.80. The van der Waals surface area contributed by atoms with Crippen LogP contribution in [-0.4, -0.2) is 43.7 Å². The second-order valence-corrected chi connectivity index (χ2v) is 4.82. The number of methoxy groups -OCH3 is 1. The SMILES string of the molecule is COc1ccc(NC(=S)NNC(=O)CCN(C)C)cc1. The number of thiocarbonyl (C=S) groups is 1. The lowest BCUT2D eigenvalue weighted by atomic mass is 10.3. The minimum atomic E-state index is -0.113. The summed E-state index contributed by atoms with van der Waals surface area (Å²) >= 11 is 5.07.